The minimum Gasteiger partial charge on any atom is -0.496 e. The second-order valence-corrected chi connectivity index (χ2v) is 8.02. The van der Waals surface area contributed by atoms with Crippen molar-refractivity contribution in [3.63, 3.8) is 0 Å². The molecule has 1 N–H and O–H groups in total. The molecule has 3 rings (SSSR count). The molecule has 0 aliphatic rings. The molecule has 29 heavy (non-hydrogen) atoms. The molecule has 0 bridgehead atoms. The summed E-state index contributed by atoms with van der Waals surface area (Å²) in [6.07, 6.45) is 1.36. The first kappa shape index (κ1) is 21.1. The second-order valence-electron chi connectivity index (χ2n) is 7.04. The number of nitrogens with zero attached hydrogens (tertiary/aromatic N) is 1. The van der Waals surface area contributed by atoms with E-state index >= 15 is 0 Å². The molecule has 0 spiro atoms. The lowest BCUT2D eigenvalue weighted by Gasteiger charge is -2.20. The SMILES string of the molecule is COc1ccccc1CCN(C)CCC(=O)NC(c1ccccc1)c1cccs1. The lowest BCUT2D eigenvalue weighted by atomic mass is 10.1. The van der Waals surface area contributed by atoms with Gasteiger partial charge < -0.3 is 15.0 Å². The van der Waals surface area contributed by atoms with Crippen molar-refractivity contribution in [3.8, 4) is 5.75 Å². The first-order valence-electron chi connectivity index (χ1n) is 9.85. The van der Waals surface area contributed by atoms with Crippen LogP contribution in [0.5, 0.6) is 5.75 Å². The first-order valence-corrected chi connectivity index (χ1v) is 10.7. The van der Waals surface area contributed by atoms with E-state index in [1.165, 1.54) is 5.56 Å². The van der Waals surface area contributed by atoms with Gasteiger partial charge in [0.1, 0.15) is 5.75 Å². The maximum Gasteiger partial charge on any atom is 0.222 e. The Labute approximate surface area is 177 Å². The molecule has 1 unspecified atom stereocenters. The van der Waals surface area contributed by atoms with Gasteiger partial charge in [-0.25, -0.2) is 0 Å². The van der Waals surface area contributed by atoms with E-state index in [9.17, 15) is 4.79 Å². The molecule has 0 aliphatic carbocycles. The molecule has 0 aliphatic heterocycles. The maximum atomic E-state index is 12.6. The largest absolute Gasteiger partial charge is 0.496 e. The average Bonchev–Trinajstić information content (AvgIpc) is 3.30. The van der Waals surface area contributed by atoms with Gasteiger partial charge in [0, 0.05) is 24.4 Å². The predicted octanol–water partition coefficient (Wildman–Crippen LogP) is 4.53. The standard InChI is InChI=1S/C24H28N2O2S/c1-26(16-14-19-9-6-7-12-21(19)28-2)17-15-23(27)25-24(22-13-8-18-29-22)20-10-4-3-5-11-20/h3-13,18,24H,14-17H2,1-2H3,(H,25,27). The van der Waals surface area contributed by atoms with Crippen molar-refractivity contribution < 1.29 is 9.53 Å². The van der Waals surface area contributed by atoms with Crippen LogP contribution in [0.25, 0.3) is 0 Å². The Morgan fingerprint density at radius 2 is 1.79 bits per heavy atom. The molecule has 1 amide bonds. The summed E-state index contributed by atoms with van der Waals surface area (Å²) in [6, 6.07) is 22.2. The normalized spacial score (nSPS) is 12.0. The quantitative estimate of drug-likeness (QED) is 0.536. The maximum absolute atomic E-state index is 12.6. The fourth-order valence-electron chi connectivity index (χ4n) is 3.28. The van der Waals surface area contributed by atoms with Crippen molar-refractivity contribution >= 4 is 17.2 Å². The van der Waals surface area contributed by atoms with Crippen LogP contribution >= 0.6 is 11.3 Å². The third-order valence-electron chi connectivity index (χ3n) is 4.94. The number of carbonyl (C=O) groups is 1. The number of methoxy groups -OCH3 is 1. The van der Waals surface area contributed by atoms with E-state index in [1.54, 1.807) is 18.4 Å². The zero-order valence-corrected chi connectivity index (χ0v) is 17.8. The highest BCUT2D eigenvalue weighted by Gasteiger charge is 2.17. The van der Waals surface area contributed by atoms with Crippen molar-refractivity contribution in [2.75, 3.05) is 27.2 Å². The van der Waals surface area contributed by atoms with Gasteiger partial charge in [0.2, 0.25) is 5.91 Å². The number of ether oxygens (including phenoxy) is 1. The van der Waals surface area contributed by atoms with Crippen LogP contribution in [-0.2, 0) is 11.2 Å². The van der Waals surface area contributed by atoms with E-state index in [0.717, 1.165) is 29.2 Å². The van der Waals surface area contributed by atoms with Crippen LogP contribution in [0.15, 0.2) is 72.1 Å². The summed E-state index contributed by atoms with van der Waals surface area (Å²) >= 11 is 1.66. The number of amides is 1. The third-order valence-corrected chi connectivity index (χ3v) is 5.88. The number of rotatable bonds is 10. The molecule has 0 radical (unpaired) electrons. The summed E-state index contributed by atoms with van der Waals surface area (Å²) in [5.41, 5.74) is 2.29. The van der Waals surface area contributed by atoms with Gasteiger partial charge >= 0.3 is 0 Å². The van der Waals surface area contributed by atoms with Gasteiger partial charge in [-0.15, -0.1) is 11.3 Å². The van der Waals surface area contributed by atoms with Gasteiger partial charge in [-0.05, 0) is 42.1 Å². The highest BCUT2D eigenvalue weighted by molar-refractivity contribution is 7.10. The van der Waals surface area contributed by atoms with Crippen molar-refractivity contribution in [2.24, 2.45) is 0 Å². The summed E-state index contributed by atoms with van der Waals surface area (Å²) in [4.78, 5) is 16.0. The number of hydrogen-bond donors (Lipinski definition) is 1. The third kappa shape index (κ3) is 6.17. The molecular weight excluding hydrogens is 380 g/mol. The van der Waals surface area contributed by atoms with Gasteiger partial charge in [-0.1, -0.05) is 54.6 Å². The summed E-state index contributed by atoms with van der Waals surface area (Å²) in [6.45, 7) is 1.59. The molecule has 152 valence electrons. The molecule has 4 nitrogen and oxygen atoms in total. The van der Waals surface area contributed by atoms with Crippen LogP contribution in [-0.4, -0.2) is 38.1 Å². The van der Waals surface area contributed by atoms with Crippen molar-refractivity contribution in [3.05, 3.63) is 88.1 Å². The van der Waals surface area contributed by atoms with Crippen molar-refractivity contribution in [1.29, 1.82) is 0 Å². The first-order chi connectivity index (χ1) is 14.2. The number of hydrogen-bond acceptors (Lipinski definition) is 4. The molecule has 1 aromatic heterocycles. The van der Waals surface area contributed by atoms with E-state index in [1.807, 2.05) is 47.8 Å². The summed E-state index contributed by atoms with van der Waals surface area (Å²) in [7, 11) is 3.75. The zero-order chi connectivity index (χ0) is 20.5. The Kier molecular flexibility index (Phi) is 7.85. The van der Waals surface area contributed by atoms with Crippen LogP contribution in [0.1, 0.15) is 28.5 Å². The molecule has 1 heterocycles. The van der Waals surface area contributed by atoms with Gasteiger partial charge in [0.05, 0.1) is 13.2 Å². The van der Waals surface area contributed by atoms with E-state index in [4.69, 9.17) is 4.74 Å². The van der Waals surface area contributed by atoms with Crippen LogP contribution in [0.2, 0.25) is 0 Å². The zero-order valence-electron chi connectivity index (χ0n) is 17.0. The minimum atomic E-state index is -0.0948. The van der Waals surface area contributed by atoms with Gasteiger partial charge in [-0.2, -0.15) is 0 Å². The molecule has 3 aromatic rings. The van der Waals surface area contributed by atoms with Gasteiger partial charge in [0.25, 0.3) is 0 Å². The Bertz CT molecular complexity index is 881. The fourth-order valence-corrected chi connectivity index (χ4v) is 4.08. The van der Waals surface area contributed by atoms with E-state index < -0.39 is 0 Å². The monoisotopic (exact) mass is 408 g/mol. The number of nitrogens with one attached hydrogen (secondary N) is 1. The molecule has 5 heteroatoms. The summed E-state index contributed by atoms with van der Waals surface area (Å²) in [5, 5.41) is 5.25. The number of benzene rings is 2. The van der Waals surface area contributed by atoms with E-state index in [0.29, 0.717) is 13.0 Å². The van der Waals surface area contributed by atoms with E-state index in [2.05, 4.69) is 41.5 Å². The average molecular weight is 409 g/mol. The molecule has 0 saturated heterocycles. The highest BCUT2D eigenvalue weighted by atomic mass is 32.1. The number of para-hydroxylation sites is 1. The summed E-state index contributed by atoms with van der Waals surface area (Å²) < 4.78 is 5.42. The van der Waals surface area contributed by atoms with Crippen LogP contribution in [0, 0.1) is 0 Å². The predicted molar refractivity (Wildman–Crippen MR) is 120 cm³/mol. The summed E-state index contributed by atoms with van der Waals surface area (Å²) in [5.74, 6) is 0.983. The number of carbonyl (C=O) groups excluding carboxylic acids is 1. The fraction of sp³-hybridized carbons (Fsp3) is 0.292. The van der Waals surface area contributed by atoms with Gasteiger partial charge in [-0.3, -0.25) is 4.79 Å². The molecular formula is C24H28N2O2S. The lowest BCUT2D eigenvalue weighted by molar-refractivity contribution is -0.121. The van der Waals surface area contributed by atoms with Crippen molar-refractivity contribution in [2.45, 2.75) is 18.9 Å². The topological polar surface area (TPSA) is 41.6 Å². The Balaban J connectivity index is 1.51. The lowest BCUT2D eigenvalue weighted by Crippen LogP contribution is -2.32. The Morgan fingerprint density at radius 3 is 2.52 bits per heavy atom. The van der Waals surface area contributed by atoms with E-state index in [-0.39, 0.29) is 11.9 Å². The molecule has 0 fully saturated rings. The minimum absolute atomic E-state index is 0.0661. The van der Waals surface area contributed by atoms with Crippen LogP contribution in [0.3, 0.4) is 0 Å². The number of thiophene rings is 1. The Morgan fingerprint density at radius 1 is 1.03 bits per heavy atom. The molecule has 1 atom stereocenters. The molecule has 0 saturated carbocycles. The number of likely N-dealkylation sites (N-methyl/N-ethyl adjacent to an activating group) is 1. The van der Waals surface area contributed by atoms with Crippen molar-refractivity contribution in [1.82, 2.24) is 10.2 Å². The van der Waals surface area contributed by atoms with Gasteiger partial charge in [0.15, 0.2) is 0 Å². The molecule has 2 aromatic carbocycles. The highest BCUT2D eigenvalue weighted by Crippen LogP contribution is 2.26. The Hall–Kier alpha value is -2.63. The second kappa shape index (κ2) is 10.8. The van der Waals surface area contributed by atoms with Crippen LogP contribution in [0.4, 0.5) is 0 Å². The van der Waals surface area contributed by atoms with Crippen LogP contribution < -0.4 is 10.1 Å². The smallest absolute Gasteiger partial charge is 0.222 e.